The highest BCUT2D eigenvalue weighted by molar-refractivity contribution is 7.90. The molecule has 0 aliphatic rings. The third-order valence-electron chi connectivity index (χ3n) is 4.79. The minimum atomic E-state index is -4.72. The molecular formula is C21H15F4N3O2S2. The molecule has 0 fully saturated rings. The van der Waals surface area contributed by atoms with E-state index in [-0.39, 0.29) is 11.4 Å². The van der Waals surface area contributed by atoms with Crippen molar-refractivity contribution in [3.63, 3.8) is 0 Å². The van der Waals surface area contributed by atoms with Crippen molar-refractivity contribution in [2.45, 2.75) is 18.0 Å². The van der Waals surface area contributed by atoms with Crippen LogP contribution < -0.4 is 0 Å². The molecule has 0 atom stereocenters. The summed E-state index contributed by atoms with van der Waals surface area (Å²) in [6.45, 7) is 1.81. The second-order valence-corrected chi connectivity index (χ2v) is 9.82. The lowest BCUT2D eigenvalue weighted by Gasteiger charge is -2.11. The Morgan fingerprint density at radius 1 is 1.06 bits per heavy atom. The molecule has 5 nitrogen and oxygen atoms in total. The smallest absolute Gasteiger partial charge is 0.245 e. The molecule has 11 heteroatoms. The van der Waals surface area contributed by atoms with E-state index in [0.29, 0.717) is 5.56 Å². The highest BCUT2D eigenvalue weighted by atomic mass is 32.2. The fourth-order valence-electron chi connectivity index (χ4n) is 3.30. The van der Waals surface area contributed by atoms with Gasteiger partial charge in [0.05, 0.1) is 22.6 Å². The van der Waals surface area contributed by atoms with E-state index in [9.17, 15) is 26.0 Å². The average Bonchev–Trinajstić information content (AvgIpc) is 3.36. The minimum absolute atomic E-state index is 0.0402. The van der Waals surface area contributed by atoms with Gasteiger partial charge in [0.1, 0.15) is 10.7 Å². The van der Waals surface area contributed by atoms with Crippen LogP contribution in [0.25, 0.3) is 28.2 Å². The van der Waals surface area contributed by atoms with E-state index in [1.807, 2.05) is 12.3 Å². The van der Waals surface area contributed by atoms with Crippen LogP contribution in [0.3, 0.4) is 0 Å². The van der Waals surface area contributed by atoms with Gasteiger partial charge in [0.15, 0.2) is 15.5 Å². The topological polar surface area (TPSA) is 64.8 Å². The summed E-state index contributed by atoms with van der Waals surface area (Å²) in [6.07, 6.45) is -3.88. The number of sulfone groups is 1. The molecule has 166 valence electrons. The molecule has 4 aromatic rings. The van der Waals surface area contributed by atoms with Crippen LogP contribution in [0.1, 0.15) is 11.3 Å². The maximum absolute atomic E-state index is 14.4. The average molecular weight is 481 g/mol. The summed E-state index contributed by atoms with van der Waals surface area (Å²) in [4.78, 5) is 3.70. The fraction of sp³-hybridized carbons (Fsp3) is 0.143. The van der Waals surface area contributed by atoms with Crippen molar-refractivity contribution in [1.82, 2.24) is 14.8 Å². The van der Waals surface area contributed by atoms with E-state index in [1.54, 1.807) is 23.7 Å². The minimum Gasteiger partial charge on any atom is -0.245 e. The Morgan fingerprint density at radius 3 is 2.38 bits per heavy atom. The Labute approximate surface area is 184 Å². The summed E-state index contributed by atoms with van der Waals surface area (Å²) in [6, 6.07) is 9.03. The first kappa shape index (κ1) is 22.2. The Balaban J connectivity index is 1.88. The van der Waals surface area contributed by atoms with Crippen LogP contribution in [0.15, 0.2) is 58.3 Å². The van der Waals surface area contributed by atoms with Gasteiger partial charge in [0.2, 0.25) is 0 Å². The summed E-state index contributed by atoms with van der Waals surface area (Å²) in [7, 11) is -3.83. The van der Waals surface area contributed by atoms with Crippen molar-refractivity contribution >= 4 is 21.2 Å². The quantitative estimate of drug-likeness (QED) is 0.360. The predicted octanol–water partition coefficient (Wildman–Crippen LogP) is 5.53. The summed E-state index contributed by atoms with van der Waals surface area (Å²) < 4.78 is 79.0. The maximum atomic E-state index is 14.4. The Hall–Kier alpha value is -3.05. The number of thiazole rings is 1. The van der Waals surface area contributed by atoms with Gasteiger partial charge in [-0.1, -0.05) is 12.1 Å². The lowest BCUT2D eigenvalue weighted by Crippen LogP contribution is -2.08. The van der Waals surface area contributed by atoms with E-state index >= 15 is 0 Å². The van der Waals surface area contributed by atoms with Crippen LogP contribution in [0.4, 0.5) is 17.6 Å². The first-order valence-corrected chi connectivity index (χ1v) is 12.0. The van der Waals surface area contributed by atoms with Crippen molar-refractivity contribution in [3.05, 3.63) is 70.4 Å². The summed E-state index contributed by atoms with van der Waals surface area (Å²) in [5.74, 6) is -1.07. The van der Waals surface area contributed by atoms with Gasteiger partial charge in [0.25, 0.3) is 0 Å². The van der Waals surface area contributed by atoms with Crippen LogP contribution in [-0.2, 0) is 16.0 Å². The molecule has 2 heterocycles. The molecule has 0 aliphatic carbocycles. The first-order valence-electron chi connectivity index (χ1n) is 9.12. The zero-order chi connectivity index (χ0) is 23.3. The number of alkyl halides is 3. The second-order valence-electron chi connectivity index (χ2n) is 7.11. The first-order chi connectivity index (χ1) is 14.9. The van der Waals surface area contributed by atoms with Crippen molar-refractivity contribution in [1.29, 1.82) is 0 Å². The van der Waals surface area contributed by atoms with Gasteiger partial charge in [-0.15, -0.1) is 11.3 Å². The van der Waals surface area contributed by atoms with Crippen LogP contribution in [0.2, 0.25) is 0 Å². The van der Waals surface area contributed by atoms with Crippen LogP contribution in [0.5, 0.6) is 0 Å². The number of benzene rings is 2. The molecule has 0 N–H and O–H groups in total. The van der Waals surface area contributed by atoms with E-state index in [1.165, 1.54) is 17.4 Å². The van der Waals surface area contributed by atoms with Gasteiger partial charge in [-0.25, -0.2) is 22.5 Å². The van der Waals surface area contributed by atoms with Gasteiger partial charge in [-0.3, -0.25) is 0 Å². The second kappa shape index (κ2) is 7.82. The molecule has 0 amide bonds. The Morgan fingerprint density at radius 2 is 1.81 bits per heavy atom. The number of halogens is 4. The fourth-order valence-corrected chi connectivity index (χ4v) is 4.58. The molecule has 4 rings (SSSR count). The maximum Gasteiger partial charge on any atom is 0.435 e. The molecule has 2 aromatic heterocycles. The zero-order valence-electron chi connectivity index (χ0n) is 16.7. The standard InChI is InChI=1S/C21H15F4N3O2S2/c1-12-7-13(3-5-15(12)17-10-31-11-26-17)18-9-20(21(23,24)25)27-28(18)14-4-6-19(16(22)8-14)32(2,29)30/h3-11H,1-2H3. The summed E-state index contributed by atoms with van der Waals surface area (Å²) in [5, 5.41) is 5.49. The van der Waals surface area contributed by atoms with Gasteiger partial charge in [0, 0.05) is 28.8 Å². The number of rotatable bonds is 4. The van der Waals surface area contributed by atoms with E-state index < -0.39 is 32.4 Å². The molecule has 0 spiro atoms. The van der Waals surface area contributed by atoms with Crippen molar-refractivity contribution in [2.75, 3.05) is 6.26 Å². The number of hydrogen-bond acceptors (Lipinski definition) is 5. The van der Waals surface area contributed by atoms with Crippen molar-refractivity contribution in [2.24, 2.45) is 0 Å². The molecule has 0 saturated heterocycles. The molecule has 0 unspecified atom stereocenters. The molecule has 0 radical (unpaired) electrons. The highest BCUT2D eigenvalue weighted by Crippen LogP contribution is 2.35. The van der Waals surface area contributed by atoms with Gasteiger partial charge >= 0.3 is 6.18 Å². The Bertz CT molecular complexity index is 1410. The molecule has 0 bridgehead atoms. The normalized spacial score (nSPS) is 12.3. The van der Waals surface area contributed by atoms with E-state index in [0.717, 1.165) is 46.0 Å². The third-order valence-corrected chi connectivity index (χ3v) is 6.51. The highest BCUT2D eigenvalue weighted by Gasteiger charge is 2.35. The number of aryl methyl sites for hydroxylation is 1. The molecule has 2 aromatic carbocycles. The molecule has 32 heavy (non-hydrogen) atoms. The van der Waals surface area contributed by atoms with Gasteiger partial charge in [-0.2, -0.15) is 18.3 Å². The molecular weight excluding hydrogens is 466 g/mol. The van der Waals surface area contributed by atoms with Crippen LogP contribution in [-0.4, -0.2) is 29.4 Å². The lowest BCUT2D eigenvalue weighted by molar-refractivity contribution is -0.141. The summed E-state index contributed by atoms with van der Waals surface area (Å²) >= 11 is 1.43. The largest absolute Gasteiger partial charge is 0.435 e. The van der Waals surface area contributed by atoms with Crippen LogP contribution in [0, 0.1) is 12.7 Å². The van der Waals surface area contributed by atoms with E-state index in [4.69, 9.17) is 0 Å². The number of nitrogens with zero attached hydrogens (tertiary/aromatic N) is 3. The summed E-state index contributed by atoms with van der Waals surface area (Å²) in [5.41, 5.74) is 3.37. The Kier molecular flexibility index (Phi) is 5.41. The van der Waals surface area contributed by atoms with Crippen LogP contribution >= 0.6 is 11.3 Å². The number of hydrogen-bond donors (Lipinski definition) is 0. The SMILES string of the molecule is Cc1cc(-c2cc(C(F)(F)F)nn2-c2ccc(S(C)(=O)=O)c(F)c2)ccc1-c1cscn1. The monoisotopic (exact) mass is 481 g/mol. The third kappa shape index (κ3) is 4.17. The van der Waals surface area contributed by atoms with Gasteiger partial charge < -0.3 is 0 Å². The molecule has 0 aliphatic heterocycles. The van der Waals surface area contributed by atoms with Gasteiger partial charge in [-0.05, 0) is 36.8 Å². The molecule has 0 saturated carbocycles. The number of aromatic nitrogens is 3. The van der Waals surface area contributed by atoms with E-state index in [2.05, 4.69) is 10.1 Å². The van der Waals surface area contributed by atoms with Crippen molar-refractivity contribution < 1.29 is 26.0 Å². The van der Waals surface area contributed by atoms with Crippen molar-refractivity contribution in [3.8, 4) is 28.2 Å². The zero-order valence-corrected chi connectivity index (χ0v) is 18.3. The lowest BCUT2D eigenvalue weighted by atomic mass is 10.0. The predicted molar refractivity (Wildman–Crippen MR) is 113 cm³/mol.